The van der Waals surface area contributed by atoms with Crippen molar-refractivity contribution >= 4 is 17.5 Å². The number of benzene rings is 1. The third-order valence-corrected chi connectivity index (χ3v) is 3.80. The molecule has 7 heteroatoms. The number of amides is 2. The Labute approximate surface area is 133 Å². The summed E-state index contributed by atoms with van der Waals surface area (Å²) in [6.07, 6.45) is 0. The second-order valence-electron chi connectivity index (χ2n) is 5.41. The van der Waals surface area contributed by atoms with Crippen LogP contribution in [0.3, 0.4) is 0 Å². The quantitative estimate of drug-likeness (QED) is 0.924. The van der Waals surface area contributed by atoms with Gasteiger partial charge in [-0.1, -0.05) is 6.07 Å². The van der Waals surface area contributed by atoms with Crippen molar-refractivity contribution in [2.75, 3.05) is 31.6 Å². The van der Waals surface area contributed by atoms with E-state index in [2.05, 4.69) is 10.2 Å². The van der Waals surface area contributed by atoms with Gasteiger partial charge in [-0.2, -0.15) is 5.10 Å². The molecule has 1 saturated heterocycles. The fourth-order valence-electron chi connectivity index (χ4n) is 2.59. The van der Waals surface area contributed by atoms with Gasteiger partial charge in [0.15, 0.2) is 0 Å². The number of hydrogen-bond donors (Lipinski definition) is 1. The van der Waals surface area contributed by atoms with Gasteiger partial charge in [-0.3, -0.25) is 14.7 Å². The van der Waals surface area contributed by atoms with Crippen molar-refractivity contribution < 1.29 is 14.3 Å². The predicted molar refractivity (Wildman–Crippen MR) is 84.6 cm³/mol. The highest BCUT2D eigenvalue weighted by molar-refractivity contribution is 6.01. The van der Waals surface area contributed by atoms with E-state index in [0.717, 1.165) is 11.4 Å². The monoisotopic (exact) mass is 314 g/mol. The van der Waals surface area contributed by atoms with Crippen LogP contribution in [0.25, 0.3) is 0 Å². The Morgan fingerprint density at radius 1 is 1.30 bits per heavy atom. The van der Waals surface area contributed by atoms with Crippen LogP contribution >= 0.6 is 0 Å². The molecule has 0 unspecified atom stereocenters. The molecule has 23 heavy (non-hydrogen) atoms. The Balaban J connectivity index is 1.72. The van der Waals surface area contributed by atoms with Crippen molar-refractivity contribution in [1.29, 1.82) is 0 Å². The highest BCUT2D eigenvalue weighted by Crippen LogP contribution is 2.23. The van der Waals surface area contributed by atoms with E-state index in [1.165, 1.54) is 4.90 Å². The highest BCUT2D eigenvalue weighted by atomic mass is 16.5. The second kappa shape index (κ2) is 6.12. The van der Waals surface area contributed by atoms with Crippen LogP contribution in [-0.2, 0) is 4.79 Å². The highest BCUT2D eigenvalue weighted by Gasteiger charge is 2.29. The molecule has 7 nitrogen and oxygen atoms in total. The maximum absolute atomic E-state index is 12.4. The van der Waals surface area contributed by atoms with Crippen molar-refractivity contribution in [3.8, 4) is 5.75 Å². The van der Waals surface area contributed by atoms with Crippen molar-refractivity contribution in [3.05, 3.63) is 41.7 Å². The van der Waals surface area contributed by atoms with Crippen molar-refractivity contribution in [1.82, 2.24) is 15.1 Å². The normalized spacial score (nSPS) is 15.0. The van der Waals surface area contributed by atoms with E-state index in [1.807, 2.05) is 31.2 Å². The number of rotatable bonds is 3. The lowest BCUT2D eigenvalue weighted by atomic mass is 10.2. The molecule has 0 spiro atoms. The first kappa shape index (κ1) is 15.1. The number of hydrogen-bond acceptors (Lipinski definition) is 4. The van der Waals surface area contributed by atoms with Gasteiger partial charge in [-0.05, 0) is 25.1 Å². The third kappa shape index (κ3) is 3.03. The van der Waals surface area contributed by atoms with E-state index < -0.39 is 0 Å². The van der Waals surface area contributed by atoms with Crippen LogP contribution in [0.1, 0.15) is 16.2 Å². The summed E-state index contributed by atoms with van der Waals surface area (Å²) >= 11 is 0. The molecule has 0 atom stereocenters. The molecule has 1 aliphatic heterocycles. The standard InChI is InChI=1S/C16H18N4O3/c1-11-8-14(18-17-11)16(22)19-6-7-20(15(21)10-19)12-4-3-5-13(9-12)23-2/h3-5,8-9H,6-7,10H2,1-2H3,(H,17,18). The fraction of sp³-hybridized carbons (Fsp3) is 0.312. The van der Waals surface area contributed by atoms with Gasteiger partial charge in [0, 0.05) is 30.5 Å². The average Bonchev–Trinajstić information content (AvgIpc) is 3.00. The number of nitrogens with zero attached hydrogens (tertiary/aromatic N) is 3. The summed E-state index contributed by atoms with van der Waals surface area (Å²) in [5, 5.41) is 6.70. The van der Waals surface area contributed by atoms with Crippen LogP contribution in [0.15, 0.2) is 30.3 Å². The number of anilines is 1. The minimum absolute atomic E-state index is 0.0436. The summed E-state index contributed by atoms with van der Waals surface area (Å²) < 4.78 is 5.19. The zero-order chi connectivity index (χ0) is 16.4. The first-order valence-electron chi connectivity index (χ1n) is 7.34. The number of piperazine rings is 1. The molecule has 0 aliphatic carbocycles. The number of aromatic amines is 1. The van der Waals surface area contributed by atoms with Crippen LogP contribution in [0.2, 0.25) is 0 Å². The molecule has 0 saturated carbocycles. The molecule has 1 aliphatic rings. The number of aryl methyl sites for hydroxylation is 1. The zero-order valence-corrected chi connectivity index (χ0v) is 13.1. The van der Waals surface area contributed by atoms with Crippen molar-refractivity contribution in [2.45, 2.75) is 6.92 Å². The average molecular weight is 314 g/mol. The maximum Gasteiger partial charge on any atom is 0.274 e. The van der Waals surface area contributed by atoms with Gasteiger partial charge >= 0.3 is 0 Å². The van der Waals surface area contributed by atoms with Crippen LogP contribution < -0.4 is 9.64 Å². The van der Waals surface area contributed by atoms with Crippen LogP contribution in [0.4, 0.5) is 5.69 Å². The Hall–Kier alpha value is -2.83. The van der Waals surface area contributed by atoms with Gasteiger partial charge in [-0.15, -0.1) is 0 Å². The van der Waals surface area contributed by atoms with Crippen LogP contribution in [-0.4, -0.2) is 53.7 Å². The molecule has 120 valence electrons. The summed E-state index contributed by atoms with van der Waals surface area (Å²) in [7, 11) is 1.59. The molecule has 1 aromatic carbocycles. The van der Waals surface area contributed by atoms with Gasteiger partial charge in [0.25, 0.3) is 5.91 Å². The Kier molecular flexibility index (Phi) is 4.01. The molecule has 2 aromatic rings. The van der Waals surface area contributed by atoms with E-state index in [9.17, 15) is 9.59 Å². The number of H-pyrrole nitrogens is 1. The first-order chi connectivity index (χ1) is 11.1. The second-order valence-corrected chi connectivity index (χ2v) is 5.41. The summed E-state index contributed by atoms with van der Waals surface area (Å²) in [5.41, 5.74) is 1.93. The predicted octanol–water partition coefficient (Wildman–Crippen LogP) is 1.22. The molecule has 0 bridgehead atoms. The van der Waals surface area contributed by atoms with Gasteiger partial charge in [0.1, 0.15) is 18.0 Å². The lowest BCUT2D eigenvalue weighted by Gasteiger charge is -2.34. The van der Waals surface area contributed by atoms with E-state index >= 15 is 0 Å². The molecule has 1 aromatic heterocycles. The minimum Gasteiger partial charge on any atom is -0.497 e. The summed E-state index contributed by atoms with van der Waals surface area (Å²) in [6.45, 7) is 2.78. The number of aromatic nitrogens is 2. The molecule has 2 heterocycles. The molecule has 1 fully saturated rings. The van der Waals surface area contributed by atoms with Gasteiger partial charge in [0.2, 0.25) is 5.91 Å². The van der Waals surface area contributed by atoms with Crippen LogP contribution in [0.5, 0.6) is 5.75 Å². The molecule has 3 rings (SSSR count). The van der Waals surface area contributed by atoms with Gasteiger partial charge in [-0.25, -0.2) is 0 Å². The Bertz CT molecular complexity index is 740. The number of carbonyl (C=O) groups excluding carboxylic acids is 2. The fourth-order valence-corrected chi connectivity index (χ4v) is 2.59. The minimum atomic E-state index is -0.229. The van der Waals surface area contributed by atoms with E-state index in [1.54, 1.807) is 18.1 Å². The van der Waals surface area contributed by atoms with E-state index in [4.69, 9.17) is 4.74 Å². The van der Waals surface area contributed by atoms with Crippen LogP contribution in [0, 0.1) is 6.92 Å². The third-order valence-electron chi connectivity index (χ3n) is 3.80. The van der Waals surface area contributed by atoms with Crippen molar-refractivity contribution in [3.63, 3.8) is 0 Å². The van der Waals surface area contributed by atoms with E-state index in [-0.39, 0.29) is 18.4 Å². The molecule has 2 amide bonds. The summed E-state index contributed by atoms with van der Waals surface area (Å²) in [5.74, 6) is 0.346. The largest absolute Gasteiger partial charge is 0.497 e. The summed E-state index contributed by atoms with van der Waals surface area (Å²) in [6, 6.07) is 9.02. The molecule has 0 radical (unpaired) electrons. The topological polar surface area (TPSA) is 78.5 Å². The zero-order valence-electron chi connectivity index (χ0n) is 13.1. The SMILES string of the molecule is COc1cccc(N2CCN(C(=O)c3cc(C)[nH]n3)CC2=O)c1. The smallest absolute Gasteiger partial charge is 0.274 e. The number of carbonyl (C=O) groups is 2. The first-order valence-corrected chi connectivity index (χ1v) is 7.34. The molecule has 1 N–H and O–H groups in total. The Morgan fingerprint density at radius 2 is 2.13 bits per heavy atom. The van der Waals surface area contributed by atoms with E-state index in [0.29, 0.717) is 24.5 Å². The van der Waals surface area contributed by atoms with Gasteiger partial charge < -0.3 is 14.5 Å². The maximum atomic E-state index is 12.4. The number of ether oxygens (including phenoxy) is 1. The van der Waals surface area contributed by atoms with Crippen molar-refractivity contribution in [2.24, 2.45) is 0 Å². The molecular formula is C16H18N4O3. The molecular weight excluding hydrogens is 296 g/mol. The number of nitrogens with one attached hydrogen (secondary N) is 1. The van der Waals surface area contributed by atoms with Gasteiger partial charge in [0.05, 0.1) is 7.11 Å². The summed E-state index contributed by atoms with van der Waals surface area (Å²) in [4.78, 5) is 28.0. The Morgan fingerprint density at radius 3 is 2.78 bits per heavy atom. The number of methoxy groups -OCH3 is 1. The lowest BCUT2D eigenvalue weighted by Crippen LogP contribution is -2.52. The lowest BCUT2D eigenvalue weighted by molar-refractivity contribution is -0.120.